The molecule has 2 atom stereocenters. The molecule has 0 N–H and O–H groups in total. The summed E-state index contributed by atoms with van der Waals surface area (Å²) in [6.45, 7) is 11.1. The highest BCUT2D eigenvalue weighted by Crippen LogP contribution is 2.48. The standard InChI is InChI=1S/C18H23N/c1-13(11-18(2,3)4)17-10-16(17)9-14-5-7-15(12-19)8-6-14/h5-8,16-17H,1,9-11H2,2-4H3. The number of hydrogen-bond acceptors (Lipinski definition) is 1. The second-order valence-electron chi connectivity index (χ2n) is 7.01. The summed E-state index contributed by atoms with van der Waals surface area (Å²) in [4.78, 5) is 0. The van der Waals surface area contributed by atoms with Crippen molar-refractivity contribution in [2.75, 3.05) is 0 Å². The molecule has 2 rings (SSSR count). The molecule has 1 aromatic carbocycles. The molecule has 0 amide bonds. The Bertz CT molecular complexity index is 496. The molecule has 0 spiro atoms. The third-order valence-electron chi connectivity index (χ3n) is 3.79. The van der Waals surface area contributed by atoms with Crippen molar-refractivity contribution < 1.29 is 0 Å². The van der Waals surface area contributed by atoms with Crippen LogP contribution in [0.25, 0.3) is 0 Å². The van der Waals surface area contributed by atoms with Gasteiger partial charge < -0.3 is 0 Å². The lowest BCUT2D eigenvalue weighted by Crippen LogP contribution is -2.07. The molecule has 1 aliphatic carbocycles. The normalized spacial score (nSPS) is 21.8. The number of allylic oxidation sites excluding steroid dienone is 1. The zero-order valence-corrected chi connectivity index (χ0v) is 12.2. The van der Waals surface area contributed by atoms with E-state index in [4.69, 9.17) is 5.26 Å². The smallest absolute Gasteiger partial charge is 0.0991 e. The van der Waals surface area contributed by atoms with Gasteiger partial charge in [0.25, 0.3) is 0 Å². The van der Waals surface area contributed by atoms with Crippen LogP contribution in [0.1, 0.15) is 44.7 Å². The van der Waals surface area contributed by atoms with Gasteiger partial charge in [-0.3, -0.25) is 0 Å². The average Bonchev–Trinajstić information content (AvgIpc) is 3.07. The Morgan fingerprint density at radius 2 is 1.95 bits per heavy atom. The second kappa shape index (κ2) is 5.21. The van der Waals surface area contributed by atoms with E-state index in [9.17, 15) is 0 Å². The van der Waals surface area contributed by atoms with Crippen LogP contribution in [0, 0.1) is 28.6 Å². The van der Waals surface area contributed by atoms with E-state index in [-0.39, 0.29) is 0 Å². The van der Waals surface area contributed by atoms with E-state index in [0.717, 1.165) is 30.2 Å². The number of nitrogens with zero attached hydrogens (tertiary/aromatic N) is 1. The molecule has 1 nitrogen and oxygen atoms in total. The molecule has 0 aliphatic heterocycles. The Morgan fingerprint density at radius 1 is 1.32 bits per heavy atom. The first-order valence-electron chi connectivity index (χ1n) is 7.06. The van der Waals surface area contributed by atoms with Crippen LogP contribution in [0.5, 0.6) is 0 Å². The minimum Gasteiger partial charge on any atom is -0.192 e. The van der Waals surface area contributed by atoms with E-state index < -0.39 is 0 Å². The van der Waals surface area contributed by atoms with Gasteiger partial charge in [-0.15, -0.1) is 0 Å². The molecule has 1 saturated carbocycles. The zero-order chi connectivity index (χ0) is 14.0. The highest BCUT2D eigenvalue weighted by molar-refractivity contribution is 5.32. The number of nitriles is 1. The van der Waals surface area contributed by atoms with Crippen molar-refractivity contribution in [2.24, 2.45) is 17.3 Å². The maximum absolute atomic E-state index is 8.78. The molecule has 0 bridgehead atoms. The van der Waals surface area contributed by atoms with E-state index in [1.54, 1.807) is 0 Å². The first-order chi connectivity index (χ1) is 8.89. The number of hydrogen-bond donors (Lipinski definition) is 0. The van der Waals surface area contributed by atoms with Crippen LogP contribution in [-0.4, -0.2) is 0 Å². The number of benzene rings is 1. The topological polar surface area (TPSA) is 23.8 Å². The lowest BCUT2D eigenvalue weighted by atomic mass is 9.86. The largest absolute Gasteiger partial charge is 0.192 e. The van der Waals surface area contributed by atoms with Crippen LogP contribution in [0.15, 0.2) is 36.4 Å². The Morgan fingerprint density at radius 3 is 2.47 bits per heavy atom. The van der Waals surface area contributed by atoms with Gasteiger partial charge in [0.15, 0.2) is 0 Å². The predicted molar refractivity (Wildman–Crippen MR) is 79.7 cm³/mol. The van der Waals surface area contributed by atoms with Gasteiger partial charge in [-0.25, -0.2) is 0 Å². The maximum Gasteiger partial charge on any atom is 0.0991 e. The summed E-state index contributed by atoms with van der Waals surface area (Å²) in [5.74, 6) is 1.48. The molecule has 19 heavy (non-hydrogen) atoms. The molecule has 1 aromatic rings. The number of rotatable bonds is 4. The monoisotopic (exact) mass is 253 g/mol. The molecule has 2 unspecified atom stereocenters. The van der Waals surface area contributed by atoms with Crippen LogP contribution < -0.4 is 0 Å². The van der Waals surface area contributed by atoms with E-state index >= 15 is 0 Å². The van der Waals surface area contributed by atoms with Gasteiger partial charge in [-0.2, -0.15) is 5.26 Å². The van der Waals surface area contributed by atoms with Crippen molar-refractivity contribution in [3.05, 3.63) is 47.5 Å². The molecule has 0 aromatic heterocycles. The lowest BCUT2D eigenvalue weighted by Gasteiger charge is -2.19. The minimum absolute atomic E-state index is 0.346. The summed E-state index contributed by atoms with van der Waals surface area (Å²) in [5, 5.41) is 8.78. The zero-order valence-electron chi connectivity index (χ0n) is 12.2. The summed E-state index contributed by atoms with van der Waals surface area (Å²) in [6, 6.07) is 10.2. The minimum atomic E-state index is 0.346. The predicted octanol–water partition coefficient (Wildman–Crippen LogP) is 4.73. The first kappa shape index (κ1) is 13.9. The molecule has 100 valence electrons. The molecule has 1 fully saturated rings. The molecule has 0 saturated heterocycles. The molecule has 1 aliphatic rings. The fraction of sp³-hybridized carbons (Fsp3) is 0.500. The van der Waals surface area contributed by atoms with Crippen molar-refractivity contribution in [3.8, 4) is 6.07 Å². The molecule has 1 heteroatoms. The van der Waals surface area contributed by atoms with Crippen molar-refractivity contribution >= 4 is 0 Å². The highest BCUT2D eigenvalue weighted by Gasteiger charge is 2.39. The maximum atomic E-state index is 8.78. The van der Waals surface area contributed by atoms with E-state index in [1.165, 1.54) is 17.6 Å². The van der Waals surface area contributed by atoms with Crippen molar-refractivity contribution in [1.29, 1.82) is 5.26 Å². The van der Waals surface area contributed by atoms with Crippen LogP contribution in [-0.2, 0) is 6.42 Å². The Balaban J connectivity index is 1.86. The molecular weight excluding hydrogens is 230 g/mol. The van der Waals surface area contributed by atoms with Crippen LogP contribution in [0.3, 0.4) is 0 Å². The van der Waals surface area contributed by atoms with Crippen LogP contribution in [0.4, 0.5) is 0 Å². The highest BCUT2D eigenvalue weighted by atomic mass is 14.4. The second-order valence-corrected chi connectivity index (χ2v) is 7.01. The molecule has 0 heterocycles. The van der Waals surface area contributed by atoms with Gasteiger partial charge in [-0.05, 0) is 54.2 Å². The molecular formula is C18H23N. The fourth-order valence-corrected chi connectivity index (χ4v) is 2.80. The summed E-state index contributed by atoms with van der Waals surface area (Å²) in [7, 11) is 0. The van der Waals surface area contributed by atoms with E-state index in [2.05, 4.69) is 45.6 Å². The Labute approximate surface area is 117 Å². The van der Waals surface area contributed by atoms with Gasteiger partial charge >= 0.3 is 0 Å². The SMILES string of the molecule is C=C(CC(C)(C)C)C1CC1Cc1ccc(C#N)cc1. The van der Waals surface area contributed by atoms with Gasteiger partial charge in [0.1, 0.15) is 0 Å². The van der Waals surface area contributed by atoms with Crippen molar-refractivity contribution in [2.45, 2.75) is 40.0 Å². The summed E-state index contributed by atoms with van der Waals surface area (Å²) >= 11 is 0. The summed E-state index contributed by atoms with van der Waals surface area (Å²) in [5.41, 5.74) is 3.85. The first-order valence-corrected chi connectivity index (χ1v) is 7.06. The quantitative estimate of drug-likeness (QED) is 0.712. The van der Waals surface area contributed by atoms with Crippen molar-refractivity contribution in [1.82, 2.24) is 0 Å². The van der Waals surface area contributed by atoms with Gasteiger partial charge in [-0.1, -0.05) is 45.1 Å². The third kappa shape index (κ3) is 3.96. The van der Waals surface area contributed by atoms with Gasteiger partial charge in [0.05, 0.1) is 11.6 Å². The Hall–Kier alpha value is -1.55. The van der Waals surface area contributed by atoms with E-state index in [1.807, 2.05) is 12.1 Å². The summed E-state index contributed by atoms with van der Waals surface area (Å²) in [6.07, 6.45) is 3.54. The van der Waals surface area contributed by atoms with Crippen molar-refractivity contribution in [3.63, 3.8) is 0 Å². The van der Waals surface area contributed by atoms with Crippen LogP contribution in [0.2, 0.25) is 0 Å². The van der Waals surface area contributed by atoms with Crippen LogP contribution >= 0.6 is 0 Å². The average molecular weight is 253 g/mol. The molecule has 0 radical (unpaired) electrons. The lowest BCUT2D eigenvalue weighted by molar-refractivity contribution is 0.400. The summed E-state index contributed by atoms with van der Waals surface area (Å²) < 4.78 is 0. The fourth-order valence-electron chi connectivity index (χ4n) is 2.80. The van der Waals surface area contributed by atoms with Gasteiger partial charge in [0, 0.05) is 0 Å². The Kier molecular flexibility index (Phi) is 3.80. The van der Waals surface area contributed by atoms with Gasteiger partial charge in [0.2, 0.25) is 0 Å². The van der Waals surface area contributed by atoms with E-state index in [0.29, 0.717) is 5.41 Å². The third-order valence-corrected chi connectivity index (χ3v) is 3.79.